The Hall–Kier alpha value is -2.28. The van der Waals surface area contributed by atoms with Crippen molar-refractivity contribution in [2.75, 3.05) is 18.0 Å². The minimum Gasteiger partial charge on any atom is -0.372 e. The molecule has 0 heterocycles. The number of nitrogens with zero attached hydrogens (tertiary/aromatic N) is 4. The standard InChI is InChI=1S/C16H17BrN4O2/c1-3-20(4-2)13-7-5-12(6-8-13)18-19-16-10-9-14(21(22)23)11-15(16)17/h5-11H,3-4H2,1-2H3/b19-18+. The van der Waals surface area contributed by atoms with E-state index in [4.69, 9.17) is 0 Å². The monoisotopic (exact) mass is 376 g/mol. The minimum atomic E-state index is -0.447. The Morgan fingerprint density at radius 1 is 1.09 bits per heavy atom. The third-order valence-electron chi connectivity index (χ3n) is 3.39. The highest BCUT2D eigenvalue weighted by atomic mass is 79.9. The third-order valence-corrected chi connectivity index (χ3v) is 4.03. The van der Waals surface area contributed by atoms with Crippen molar-refractivity contribution in [3.63, 3.8) is 0 Å². The first-order chi connectivity index (χ1) is 11.0. The zero-order valence-electron chi connectivity index (χ0n) is 12.9. The Morgan fingerprint density at radius 3 is 2.26 bits per heavy atom. The second kappa shape index (κ2) is 7.82. The number of non-ortho nitro benzene ring substituents is 1. The quantitative estimate of drug-likeness (QED) is 0.373. The summed E-state index contributed by atoms with van der Waals surface area (Å²) in [6.07, 6.45) is 0. The van der Waals surface area contributed by atoms with Crippen molar-refractivity contribution in [3.05, 3.63) is 57.1 Å². The van der Waals surface area contributed by atoms with Gasteiger partial charge in [-0.3, -0.25) is 10.1 Å². The van der Waals surface area contributed by atoms with Crippen LogP contribution in [0.1, 0.15) is 13.8 Å². The molecule has 0 saturated carbocycles. The van der Waals surface area contributed by atoms with E-state index in [0.29, 0.717) is 10.2 Å². The van der Waals surface area contributed by atoms with Gasteiger partial charge in [0.05, 0.1) is 15.1 Å². The summed E-state index contributed by atoms with van der Waals surface area (Å²) in [6, 6.07) is 12.2. The summed E-state index contributed by atoms with van der Waals surface area (Å²) in [6.45, 7) is 6.13. The van der Waals surface area contributed by atoms with Crippen LogP contribution in [0.2, 0.25) is 0 Å². The number of azo groups is 1. The van der Waals surface area contributed by atoms with Crippen LogP contribution in [0.3, 0.4) is 0 Å². The Morgan fingerprint density at radius 2 is 1.74 bits per heavy atom. The molecule has 0 aliphatic rings. The van der Waals surface area contributed by atoms with Crippen molar-refractivity contribution in [3.8, 4) is 0 Å². The van der Waals surface area contributed by atoms with Gasteiger partial charge >= 0.3 is 0 Å². The van der Waals surface area contributed by atoms with Gasteiger partial charge in [-0.25, -0.2) is 0 Å². The second-order valence-electron chi connectivity index (χ2n) is 4.78. The van der Waals surface area contributed by atoms with Gasteiger partial charge in [-0.15, -0.1) is 5.11 Å². The molecule has 0 unspecified atom stereocenters. The Balaban J connectivity index is 2.15. The zero-order chi connectivity index (χ0) is 16.8. The molecule has 7 heteroatoms. The average Bonchev–Trinajstić information content (AvgIpc) is 2.56. The van der Waals surface area contributed by atoms with Crippen molar-refractivity contribution >= 4 is 38.7 Å². The van der Waals surface area contributed by atoms with Crippen LogP contribution < -0.4 is 4.90 Å². The lowest BCUT2D eigenvalue weighted by Crippen LogP contribution is -2.21. The first-order valence-corrected chi connectivity index (χ1v) is 8.05. The molecule has 0 N–H and O–H groups in total. The van der Waals surface area contributed by atoms with Crippen molar-refractivity contribution in [2.45, 2.75) is 13.8 Å². The van der Waals surface area contributed by atoms with Gasteiger partial charge in [-0.2, -0.15) is 5.11 Å². The van der Waals surface area contributed by atoms with Crippen LogP contribution in [-0.2, 0) is 0 Å². The molecule has 0 fully saturated rings. The molecule has 0 amide bonds. The molecule has 0 aliphatic carbocycles. The molecule has 0 atom stereocenters. The molecule has 0 spiro atoms. The smallest absolute Gasteiger partial charge is 0.270 e. The summed E-state index contributed by atoms with van der Waals surface area (Å²) in [5.41, 5.74) is 2.43. The van der Waals surface area contributed by atoms with Crippen molar-refractivity contribution < 1.29 is 4.92 Å². The normalized spacial score (nSPS) is 10.9. The number of nitro groups is 1. The van der Waals surface area contributed by atoms with Gasteiger partial charge in [-0.1, -0.05) is 0 Å². The largest absolute Gasteiger partial charge is 0.372 e. The number of benzene rings is 2. The highest BCUT2D eigenvalue weighted by Crippen LogP contribution is 2.31. The van der Waals surface area contributed by atoms with Crippen LogP contribution in [0, 0.1) is 10.1 Å². The molecule has 2 aromatic rings. The summed E-state index contributed by atoms with van der Waals surface area (Å²) in [7, 11) is 0. The summed E-state index contributed by atoms with van der Waals surface area (Å²) in [5, 5.41) is 19.0. The van der Waals surface area contributed by atoms with Crippen LogP contribution in [-0.4, -0.2) is 18.0 Å². The maximum absolute atomic E-state index is 10.7. The summed E-state index contributed by atoms with van der Waals surface area (Å²) >= 11 is 3.27. The molecule has 0 radical (unpaired) electrons. The van der Waals surface area contributed by atoms with Crippen LogP contribution in [0.25, 0.3) is 0 Å². The summed E-state index contributed by atoms with van der Waals surface area (Å²) in [5.74, 6) is 0. The lowest BCUT2D eigenvalue weighted by atomic mass is 10.2. The van der Waals surface area contributed by atoms with E-state index in [2.05, 4.69) is 44.9 Å². The van der Waals surface area contributed by atoms with Gasteiger partial charge in [0.1, 0.15) is 5.69 Å². The SMILES string of the molecule is CCN(CC)c1ccc(/N=N/c2ccc([N+](=O)[O-])cc2Br)cc1. The molecular formula is C16H17BrN4O2. The number of halogens is 1. The lowest BCUT2D eigenvalue weighted by molar-refractivity contribution is -0.384. The molecule has 6 nitrogen and oxygen atoms in total. The fourth-order valence-electron chi connectivity index (χ4n) is 2.12. The number of nitro benzene ring substituents is 1. The molecule has 2 rings (SSSR count). The van der Waals surface area contributed by atoms with E-state index in [1.807, 2.05) is 24.3 Å². The maximum Gasteiger partial charge on any atom is 0.270 e. The Kier molecular flexibility index (Phi) is 5.81. The van der Waals surface area contributed by atoms with Gasteiger partial charge in [-0.05, 0) is 60.1 Å². The maximum atomic E-state index is 10.7. The van der Waals surface area contributed by atoms with E-state index in [0.717, 1.165) is 24.5 Å². The number of hydrogen-bond donors (Lipinski definition) is 0. The fourth-order valence-corrected chi connectivity index (χ4v) is 2.57. The highest BCUT2D eigenvalue weighted by Gasteiger charge is 2.08. The molecule has 0 aromatic heterocycles. The lowest BCUT2D eigenvalue weighted by Gasteiger charge is -2.20. The number of anilines is 1. The first-order valence-electron chi connectivity index (χ1n) is 7.25. The molecule has 0 aliphatic heterocycles. The number of hydrogen-bond acceptors (Lipinski definition) is 5. The fraction of sp³-hybridized carbons (Fsp3) is 0.250. The van der Waals surface area contributed by atoms with Gasteiger partial charge in [0.2, 0.25) is 0 Å². The van der Waals surface area contributed by atoms with Crippen LogP contribution >= 0.6 is 15.9 Å². The minimum absolute atomic E-state index is 0.0133. The van der Waals surface area contributed by atoms with Crippen LogP contribution in [0.4, 0.5) is 22.7 Å². The molecular weight excluding hydrogens is 360 g/mol. The van der Waals surface area contributed by atoms with E-state index in [9.17, 15) is 10.1 Å². The predicted molar refractivity (Wildman–Crippen MR) is 95.0 cm³/mol. The van der Waals surface area contributed by atoms with Crippen molar-refractivity contribution in [1.29, 1.82) is 0 Å². The average molecular weight is 377 g/mol. The topological polar surface area (TPSA) is 71.1 Å². The third kappa shape index (κ3) is 4.35. The first kappa shape index (κ1) is 17.1. The molecule has 120 valence electrons. The van der Waals surface area contributed by atoms with Crippen LogP contribution in [0.15, 0.2) is 57.2 Å². The van der Waals surface area contributed by atoms with E-state index >= 15 is 0 Å². The molecule has 23 heavy (non-hydrogen) atoms. The summed E-state index contributed by atoms with van der Waals surface area (Å²) < 4.78 is 0.537. The Bertz CT molecular complexity index is 713. The van der Waals surface area contributed by atoms with E-state index in [1.54, 1.807) is 6.07 Å². The van der Waals surface area contributed by atoms with Gasteiger partial charge in [0.15, 0.2) is 0 Å². The van der Waals surface area contributed by atoms with Gasteiger partial charge in [0.25, 0.3) is 5.69 Å². The van der Waals surface area contributed by atoms with E-state index in [-0.39, 0.29) is 5.69 Å². The van der Waals surface area contributed by atoms with E-state index in [1.165, 1.54) is 12.1 Å². The van der Waals surface area contributed by atoms with Crippen molar-refractivity contribution in [1.82, 2.24) is 0 Å². The Labute approximate surface area is 143 Å². The van der Waals surface area contributed by atoms with E-state index < -0.39 is 4.92 Å². The second-order valence-corrected chi connectivity index (χ2v) is 5.64. The molecule has 2 aromatic carbocycles. The molecule has 0 saturated heterocycles. The molecule has 0 bridgehead atoms. The van der Waals surface area contributed by atoms with Crippen molar-refractivity contribution in [2.24, 2.45) is 10.2 Å². The summed E-state index contributed by atoms with van der Waals surface area (Å²) in [4.78, 5) is 12.5. The van der Waals surface area contributed by atoms with Gasteiger partial charge in [0, 0.05) is 30.9 Å². The van der Waals surface area contributed by atoms with Gasteiger partial charge < -0.3 is 4.90 Å². The zero-order valence-corrected chi connectivity index (χ0v) is 14.5. The number of rotatable bonds is 6. The highest BCUT2D eigenvalue weighted by molar-refractivity contribution is 9.10. The van der Waals surface area contributed by atoms with Crippen LogP contribution in [0.5, 0.6) is 0 Å². The predicted octanol–water partition coefficient (Wildman–Crippen LogP) is 5.62.